The summed E-state index contributed by atoms with van der Waals surface area (Å²) in [4.78, 5) is 2.49. The molecule has 1 fully saturated rings. The first kappa shape index (κ1) is 14.9. The van der Waals surface area contributed by atoms with E-state index in [0.29, 0.717) is 5.41 Å². The van der Waals surface area contributed by atoms with Gasteiger partial charge in [0.25, 0.3) is 0 Å². The zero-order valence-corrected chi connectivity index (χ0v) is 12.1. The monoisotopic (exact) mass is 242 g/mol. The molecule has 0 saturated carbocycles. The van der Waals surface area contributed by atoms with Crippen molar-refractivity contribution in [1.29, 1.82) is 0 Å². The Morgan fingerprint density at radius 1 is 1.47 bits per heavy atom. The van der Waals surface area contributed by atoms with Crippen LogP contribution in [0.25, 0.3) is 0 Å². The van der Waals surface area contributed by atoms with Crippen LogP contribution in [0.15, 0.2) is 0 Å². The second-order valence-electron chi connectivity index (χ2n) is 5.90. The van der Waals surface area contributed by atoms with E-state index in [4.69, 9.17) is 4.74 Å². The molecule has 17 heavy (non-hydrogen) atoms. The second kappa shape index (κ2) is 7.34. The number of rotatable bonds is 7. The lowest BCUT2D eigenvalue weighted by atomic mass is 9.81. The predicted molar refractivity (Wildman–Crippen MR) is 73.4 cm³/mol. The number of ether oxygens (including phenoxy) is 1. The van der Waals surface area contributed by atoms with E-state index in [2.05, 4.69) is 31.1 Å². The van der Waals surface area contributed by atoms with E-state index >= 15 is 0 Å². The van der Waals surface area contributed by atoms with Crippen LogP contribution in [0.5, 0.6) is 0 Å². The molecule has 0 aromatic rings. The lowest BCUT2D eigenvalue weighted by molar-refractivity contribution is -0.0232. The minimum Gasteiger partial charge on any atom is -0.381 e. The maximum absolute atomic E-state index is 5.70. The molecule has 2 atom stereocenters. The van der Waals surface area contributed by atoms with Gasteiger partial charge in [-0.3, -0.25) is 0 Å². The number of hydrogen-bond donors (Lipinski definition) is 1. The Balaban J connectivity index is 2.47. The number of nitrogens with zero attached hydrogens (tertiary/aromatic N) is 1. The highest BCUT2D eigenvalue weighted by Crippen LogP contribution is 2.29. The largest absolute Gasteiger partial charge is 0.381 e. The summed E-state index contributed by atoms with van der Waals surface area (Å²) >= 11 is 0. The van der Waals surface area contributed by atoms with Crippen molar-refractivity contribution in [2.24, 2.45) is 11.3 Å². The smallest absolute Gasteiger partial charge is 0.0546 e. The van der Waals surface area contributed by atoms with E-state index in [-0.39, 0.29) is 0 Å². The van der Waals surface area contributed by atoms with Gasteiger partial charge in [-0.05, 0) is 32.9 Å². The highest BCUT2D eigenvalue weighted by atomic mass is 16.5. The Labute approximate surface area is 107 Å². The summed E-state index contributed by atoms with van der Waals surface area (Å²) in [7, 11) is 4.29. The Bertz CT molecular complexity index is 197. The Kier molecular flexibility index (Phi) is 6.45. The lowest BCUT2D eigenvalue weighted by Crippen LogP contribution is -2.48. The fourth-order valence-electron chi connectivity index (χ4n) is 2.90. The van der Waals surface area contributed by atoms with Gasteiger partial charge in [0.15, 0.2) is 0 Å². The van der Waals surface area contributed by atoms with E-state index in [1.54, 1.807) is 0 Å². The zero-order valence-electron chi connectivity index (χ0n) is 12.1. The van der Waals surface area contributed by atoms with Crippen LogP contribution in [0.3, 0.4) is 0 Å². The lowest BCUT2D eigenvalue weighted by Gasteiger charge is -2.40. The third-order valence-corrected chi connectivity index (χ3v) is 3.88. The molecule has 1 rings (SSSR count). The van der Waals surface area contributed by atoms with Crippen molar-refractivity contribution in [2.45, 2.75) is 33.1 Å². The van der Waals surface area contributed by atoms with E-state index < -0.39 is 0 Å². The maximum Gasteiger partial charge on any atom is 0.0546 e. The number of nitrogens with one attached hydrogen (secondary N) is 1. The molecule has 1 aliphatic rings. The molecule has 1 aliphatic heterocycles. The molecule has 0 bridgehead atoms. The normalized spacial score (nSPS) is 27.4. The molecule has 0 amide bonds. The first-order valence-corrected chi connectivity index (χ1v) is 7.03. The first-order chi connectivity index (χ1) is 8.12. The average Bonchev–Trinajstić information content (AvgIpc) is 2.29. The minimum absolute atomic E-state index is 0.329. The highest BCUT2D eigenvalue weighted by Gasteiger charge is 2.33. The quantitative estimate of drug-likeness (QED) is 0.739. The second-order valence-corrected chi connectivity index (χ2v) is 5.90. The topological polar surface area (TPSA) is 24.5 Å². The fourth-order valence-corrected chi connectivity index (χ4v) is 2.90. The zero-order chi connectivity index (χ0) is 12.7. The molecule has 0 spiro atoms. The van der Waals surface area contributed by atoms with Gasteiger partial charge in [-0.25, -0.2) is 0 Å². The minimum atomic E-state index is 0.329. The SMILES string of the molecule is CCC(C)CN(C)CC1(CNC)CCCOC1. The van der Waals surface area contributed by atoms with Crippen LogP contribution in [-0.4, -0.2) is 51.8 Å². The van der Waals surface area contributed by atoms with Crippen molar-refractivity contribution in [3.63, 3.8) is 0 Å². The van der Waals surface area contributed by atoms with Gasteiger partial charge in [0.05, 0.1) is 6.61 Å². The summed E-state index contributed by atoms with van der Waals surface area (Å²) in [5.74, 6) is 0.788. The summed E-state index contributed by atoms with van der Waals surface area (Å²) in [6.45, 7) is 9.88. The Morgan fingerprint density at radius 3 is 2.76 bits per heavy atom. The van der Waals surface area contributed by atoms with Gasteiger partial charge in [-0.1, -0.05) is 20.3 Å². The van der Waals surface area contributed by atoms with E-state index in [1.165, 1.54) is 25.8 Å². The molecule has 102 valence electrons. The molecule has 0 aromatic heterocycles. The average molecular weight is 242 g/mol. The fraction of sp³-hybridized carbons (Fsp3) is 1.00. The van der Waals surface area contributed by atoms with Crippen molar-refractivity contribution in [3.8, 4) is 0 Å². The van der Waals surface area contributed by atoms with E-state index in [9.17, 15) is 0 Å². The van der Waals surface area contributed by atoms with Crippen molar-refractivity contribution >= 4 is 0 Å². The molecule has 3 nitrogen and oxygen atoms in total. The molecular formula is C14H30N2O. The van der Waals surface area contributed by atoms with Crippen LogP contribution >= 0.6 is 0 Å². The van der Waals surface area contributed by atoms with Crippen molar-refractivity contribution in [1.82, 2.24) is 10.2 Å². The summed E-state index contributed by atoms with van der Waals surface area (Å²) < 4.78 is 5.70. The third kappa shape index (κ3) is 4.94. The first-order valence-electron chi connectivity index (χ1n) is 7.03. The molecule has 0 aliphatic carbocycles. The molecule has 1 heterocycles. The van der Waals surface area contributed by atoms with Gasteiger partial charge >= 0.3 is 0 Å². The summed E-state index contributed by atoms with van der Waals surface area (Å²) in [6.07, 6.45) is 3.76. The van der Waals surface area contributed by atoms with Crippen LogP contribution in [0, 0.1) is 11.3 Å². The number of hydrogen-bond acceptors (Lipinski definition) is 3. The van der Waals surface area contributed by atoms with Crippen LogP contribution in [0.4, 0.5) is 0 Å². The van der Waals surface area contributed by atoms with Crippen LogP contribution in [-0.2, 0) is 4.74 Å². The van der Waals surface area contributed by atoms with Crippen LogP contribution in [0.2, 0.25) is 0 Å². The Morgan fingerprint density at radius 2 is 2.24 bits per heavy atom. The predicted octanol–water partition coefficient (Wildman–Crippen LogP) is 1.98. The summed E-state index contributed by atoms with van der Waals surface area (Å²) in [6, 6.07) is 0. The maximum atomic E-state index is 5.70. The summed E-state index contributed by atoms with van der Waals surface area (Å²) in [5.41, 5.74) is 0.329. The highest BCUT2D eigenvalue weighted by molar-refractivity contribution is 4.86. The van der Waals surface area contributed by atoms with Gasteiger partial charge in [-0.2, -0.15) is 0 Å². The molecule has 3 heteroatoms. The van der Waals surface area contributed by atoms with Gasteiger partial charge in [-0.15, -0.1) is 0 Å². The standard InChI is InChI=1S/C14H30N2O/c1-5-13(2)9-16(4)11-14(10-15-3)7-6-8-17-12-14/h13,15H,5-12H2,1-4H3. The van der Waals surface area contributed by atoms with Gasteiger partial charge in [0, 0.05) is 31.7 Å². The van der Waals surface area contributed by atoms with Gasteiger partial charge < -0.3 is 15.0 Å². The molecule has 1 N–H and O–H groups in total. The van der Waals surface area contributed by atoms with Crippen LogP contribution < -0.4 is 5.32 Å². The van der Waals surface area contributed by atoms with Gasteiger partial charge in [0.1, 0.15) is 0 Å². The van der Waals surface area contributed by atoms with E-state index in [1.807, 2.05) is 7.05 Å². The van der Waals surface area contributed by atoms with E-state index in [0.717, 1.165) is 32.2 Å². The van der Waals surface area contributed by atoms with Crippen molar-refractivity contribution in [3.05, 3.63) is 0 Å². The molecule has 2 unspecified atom stereocenters. The van der Waals surface area contributed by atoms with Gasteiger partial charge in [0.2, 0.25) is 0 Å². The van der Waals surface area contributed by atoms with Crippen LogP contribution in [0.1, 0.15) is 33.1 Å². The molecule has 0 radical (unpaired) electrons. The molecule has 0 aromatic carbocycles. The third-order valence-electron chi connectivity index (χ3n) is 3.88. The Hall–Kier alpha value is -0.120. The molecular weight excluding hydrogens is 212 g/mol. The van der Waals surface area contributed by atoms with Crippen molar-refractivity contribution in [2.75, 3.05) is 46.9 Å². The van der Waals surface area contributed by atoms with Crippen molar-refractivity contribution < 1.29 is 4.74 Å². The molecule has 1 saturated heterocycles. The summed E-state index contributed by atoms with van der Waals surface area (Å²) in [5, 5.41) is 3.34.